The maximum absolute atomic E-state index is 13.4. The number of nitrogens with one attached hydrogen (secondary N) is 2. The number of hydrogen-bond acceptors (Lipinski definition) is 12. The Hall–Kier alpha value is -3.22. The maximum atomic E-state index is 13.4. The highest BCUT2D eigenvalue weighted by molar-refractivity contribution is 8.29. The molecule has 2 fully saturated rings. The molecule has 2 aromatic heterocycles. The molecule has 0 spiro atoms. The lowest BCUT2D eigenvalue weighted by Crippen LogP contribution is -2.31. The summed E-state index contributed by atoms with van der Waals surface area (Å²) < 4.78 is 0.806. The second kappa shape index (κ2) is 20.5. The Balaban J connectivity index is 0.864. The van der Waals surface area contributed by atoms with Crippen LogP contribution in [0.4, 0.5) is 10.3 Å². The lowest BCUT2D eigenvalue weighted by molar-refractivity contribution is -0.124. The number of unbranched alkanes of at least 4 members (excludes halogenated alkanes) is 4. The van der Waals surface area contributed by atoms with Gasteiger partial charge in [0.25, 0.3) is 11.8 Å². The quantitative estimate of drug-likeness (QED) is 0.0567. The highest BCUT2D eigenvalue weighted by atomic mass is 35.5. The summed E-state index contributed by atoms with van der Waals surface area (Å²) in [5, 5.41) is 8.25. The molecule has 0 aliphatic carbocycles. The molecular weight excluding hydrogens is 868 g/mol. The van der Waals surface area contributed by atoms with E-state index in [0.717, 1.165) is 57.2 Å². The summed E-state index contributed by atoms with van der Waals surface area (Å²) >= 11 is 28.1. The molecule has 2 N–H and O–H groups in total. The van der Waals surface area contributed by atoms with Crippen molar-refractivity contribution in [3.8, 4) is 0 Å². The van der Waals surface area contributed by atoms with E-state index in [1.807, 2.05) is 48.5 Å². The molecule has 0 radical (unpaired) electrons. The van der Waals surface area contributed by atoms with Crippen LogP contribution in [0.15, 0.2) is 70.7 Å². The molecule has 4 heterocycles. The summed E-state index contributed by atoms with van der Waals surface area (Å²) in [5.41, 5.74) is 2.23. The smallest absolute Gasteiger partial charge is 0.267 e. The van der Waals surface area contributed by atoms with Crippen LogP contribution >= 0.6 is 93.8 Å². The molecule has 6 rings (SSSR count). The van der Waals surface area contributed by atoms with Crippen LogP contribution in [0.1, 0.15) is 72.2 Å². The maximum Gasteiger partial charge on any atom is 0.267 e. The van der Waals surface area contributed by atoms with Crippen LogP contribution in [-0.4, -0.2) is 65.1 Å². The average molecular weight is 904 g/mol. The van der Waals surface area contributed by atoms with E-state index < -0.39 is 0 Å². The number of thioether (sulfide) groups is 2. The van der Waals surface area contributed by atoms with Crippen molar-refractivity contribution in [1.29, 1.82) is 0 Å². The predicted molar refractivity (Wildman–Crippen MR) is 238 cm³/mol. The lowest BCUT2D eigenvalue weighted by atomic mass is 10.1. The van der Waals surface area contributed by atoms with Crippen molar-refractivity contribution >= 4 is 136 Å². The fourth-order valence-corrected chi connectivity index (χ4v) is 10.5. The molecule has 0 unspecified atom stereocenters. The number of carbonyl (C=O) groups excluding carboxylic acids is 4. The van der Waals surface area contributed by atoms with Gasteiger partial charge in [0.2, 0.25) is 11.8 Å². The Kier molecular flexibility index (Phi) is 15.5. The van der Waals surface area contributed by atoms with Crippen molar-refractivity contribution in [3.05, 3.63) is 102 Å². The number of thiazole rings is 2. The van der Waals surface area contributed by atoms with Gasteiger partial charge in [-0.1, -0.05) is 108 Å². The van der Waals surface area contributed by atoms with Crippen molar-refractivity contribution in [3.63, 3.8) is 0 Å². The fourth-order valence-electron chi connectivity index (χ4n) is 5.78. The van der Waals surface area contributed by atoms with Gasteiger partial charge in [0.05, 0.1) is 9.81 Å². The van der Waals surface area contributed by atoms with E-state index in [1.54, 1.807) is 12.4 Å². The van der Waals surface area contributed by atoms with Crippen LogP contribution in [0, 0.1) is 0 Å². The third-order valence-electron chi connectivity index (χ3n) is 8.66. The molecule has 2 aliphatic heterocycles. The number of rotatable bonds is 18. The van der Waals surface area contributed by atoms with Crippen molar-refractivity contribution in [2.24, 2.45) is 0 Å². The average Bonchev–Trinajstić information content (AvgIpc) is 3.94. The van der Waals surface area contributed by atoms with E-state index in [0.29, 0.717) is 103 Å². The Morgan fingerprint density at radius 1 is 0.607 bits per heavy atom. The van der Waals surface area contributed by atoms with Gasteiger partial charge in [0.15, 0.2) is 10.3 Å². The number of aromatic nitrogens is 2. The number of nitrogens with zero attached hydrogens (tertiary/aromatic N) is 4. The van der Waals surface area contributed by atoms with Gasteiger partial charge in [0.1, 0.15) is 8.64 Å². The molecule has 292 valence electrons. The minimum absolute atomic E-state index is 0.109. The van der Waals surface area contributed by atoms with Gasteiger partial charge >= 0.3 is 0 Å². The first-order chi connectivity index (χ1) is 27.0. The van der Waals surface area contributed by atoms with Crippen molar-refractivity contribution in [1.82, 2.24) is 19.8 Å². The summed E-state index contributed by atoms with van der Waals surface area (Å²) in [6, 6.07) is 15.3. The molecule has 10 nitrogen and oxygen atoms in total. The molecular formula is C38H36Cl2N6O4S6. The number of halogens is 2. The zero-order valence-electron chi connectivity index (χ0n) is 29.9. The molecule has 2 saturated heterocycles. The number of benzene rings is 2. The van der Waals surface area contributed by atoms with E-state index in [4.69, 9.17) is 47.6 Å². The Morgan fingerprint density at radius 3 is 1.39 bits per heavy atom. The predicted octanol–water partition coefficient (Wildman–Crippen LogP) is 9.72. The van der Waals surface area contributed by atoms with Crippen LogP contribution < -0.4 is 10.6 Å². The van der Waals surface area contributed by atoms with Gasteiger partial charge in [-0.2, -0.15) is 0 Å². The zero-order chi connectivity index (χ0) is 39.6. The van der Waals surface area contributed by atoms with Crippen molar-refractivity contribution < 1.29 is 19.2 Å². The largest absolute Gasteiger partial charge is 0.302 e. The number of thiocarbonyl (C=S) groups is 2. The van der Waals surface area contributed by atoms with Gasteiger partial charge in [0, 0.05) is 71.0 Å². The Morgan fingerprint density at radius 2 is 1.00 bits per heavy atom. The normalized spacial score (nSPS) is 15.7. The summed E-state index contributed by atoms with van der Waals surface area (Å²) in [7, 11) is 0. The third kappa shape index (κ3) is 11.9. The van der Waals surface area contributed by atoms with Gasteiger partial charge in [-0.3, -0.25) is 29.0 Å². The molecule has 0 atom stereocenters. The summed E-state index contributed by atoms with van der Waals surface area (Å²) in [6.07, 6.45) is 9.68. The Labute approximate surface area is 362 Å². The van der Waals surface area contributed by atoms with E-state index >= 15 is 0 Å². The van der Waals surface area contributed by atoms with Gasteiger partial charge in [-0.25, -0.2) is 9.97 Å². The minimum Gasteiger partial charge on any atom is -0.302 e. The first-order valence-electron chi connectivity index (χ1n) is 17.8. The van der Waals surface area contributed by atoms with Crippen LogP contribution in [-0.2, 0) is 32.0 Å². The van der Waals surface area contributed by atoms with E-state index in [2.05, 4.69) is 20.6 Å². The summed E-state index contributed by atoms with van der Waals surface area (Å²) in [5.74, 6) is -0.801. The van der Waals surface area contributed by atoms with E-state index in [1.165, 1.54) is 32.5 Å². The number of carbonyl (C=O) groups is 4. The molecule has 2 aromatic carbocycles. The molecule has 0 bridgehead atoms. The molecule has 2 aliphatic rings. The molecule has 56 heavy (non-hydrogen) atoms. The third-order valence-corrected chi connectivity index (χ3v) is 14.0. The highest BCUT2D eigenvalue weighted by Gasteiger charge is 2.41. The molecule has 18 heteroatoms. The van der Waals surface area contributed by atoms with Crippen LogP contribution in [0.5, 0.6) is 0 Å². The number of anilines is 2. The second-order valence-corrected chi connectivity index (χ2v) is 19.3. The number of amides is 4. The zero-order valence-corrected chi connectivity index (χ0v) is 36.3. The van der Waals surface area contributed by atoms with Crippen LogP contribution in [0.2, 0.25) is 10.0 Å². The summed E-state index contributed by atoms with van der Waals surface area (Å²) in [6.45, 7) is 0.800. The molecule has 4 aromatic rings. The topological polar surface area (TPSA) is 125 Å². The van der Waals surface area contributed by atoms with Gasteiger partial charge in [-0.05, 0) is 61.1 Å². The fraction of sp³-hybridized carbons (Fsp3) is 0.316. The standard InChI is InChI=1S/C38H36Cl2N6O4S6/c39-25-13-9-23(10-14-25)19-27-21-41-35(53-27)43-29(47)7-3-1-5-17-45-33(49)31(55-37(45)51)32-34(50)46(38(52)56-32)18-6-2-4-8-30(48)44-36-42-22-28(54-36)20-24-11-15-26(40)16-12-24/h9-16,21-22H,1-8,17-20H2,(H,41,43,47)(H,42,44,48). The first kappa shape index (κ1) is 42.4. The van der Waals surface area contributed by atoms with Crippen LogP contribution in [0.3, 0.4) is 0 Å². The van der Waals surface area contributed by atoms with E-state index in [-0.39, 0.29) is 23.6 Å². The monoisotopic (exact) mass is 902 g/mol. The molecule has 0 saturated carbocycles. The summed E-state index contributed by atoms with van der Waals surface area (Å²) in [4.78, 5) is 66.2. The van der Waals surface area contributed by atoms with Gasteiger partial charge in [-0.15, -0.1) is 22.7 Å². The van der Waals surface area contributed by atoms with Crippen LogP contribution in [0.25, 0.3) is 0 Å². The van der Waals surface area contributed by atoms with E-state index in [9.17, 15) is 19.2 Å². The number of hydrogen-bond donors (Lipinski definition) is 2. The molecule has 4 amide bonds. The SMILES string of the molecule is O=C(CCCCCN1C(=O)C(=C2SC(=S)N(CCCCCC(=O)Nc3ncc(Cc4ccc(Cl)cc4)s3)C2=O)SC1=S)Nc1ncc(Cc2ccc(Cl)cc2)s1. The Bertz CT molecular complexity index is 1990. The van der Waals surface area contributed by atoms with Crippen molar-refractivity contribution in [2.45, 2.75) is 64.2 Å². The van der Waals surface area contributed by atoms with Gasteiger partial charge < -0.3 is 10.6 Å². The minimum atomic E-state index is -0.292. The second-order valence-electron chi connectivity index (χ2n) is 12.9. The lowest BCUT2D eigenvalue weighted by Gasteiger charge is -2.14. The first-order valence-corrected chi connectivity index (χ1v) is 22.7. The van der Waals surface area contributed by atoms with Crippen molar-refractivity contribution in [2.75, 3.05) is 23.7 Å². The highest BCUT2D eigenvalue weighted by Crippen LogP contribution is 2.42.